The molecule has 2 amide bonds. The molecule has 0 bridgehead atoms. The first-order valence-corrected chi connectivity index (χ1v) is 8.29. The van der Waals surface area contributed by atoms with Crippen LogP contribution in [0, 0.1) is 5.92 Å². The minimum absolute atomic E-state index is 0.0129. The molecule has 1 aromatic carbocycles. The molecule has 1 saturated heterocycles. The Morgan fingerprint density at radius 2 is 2.17 bits per heavy atom. The quantitative estimate of drug-likeness (QED) is 0.852. The number of methoxy groups -OCH3 is 1. The van der Waals surface area contributed by atoms with Gasteiger partial charge in [-0.25, -0.2) is 0 Å². The second kappa shape index (κ2) is 6.71. The molecule has 124 valence electrons. The lowest BCUT2D eigenvalue weighted by atomic mass is 9.99. The van der Waals surface area contributed by atoms with Gasteiger partial charge in [0.2, 0.25) is 11.8 Å². The van der Waals surface area contributed by atoms with Gasteiger partial charge in [0.15, 0.2) is 0 Å². The van der Waals surface area contributed by atoms with Crippen molar-refractivity contribution in [1.29, 1.82) is 0 Å². The van der Waals surface area contributed by atoms with E-state index in [4.69, 9.17) is 4.74 Å². The van der Waals surface area contributed by atoms with E-state index in [9.17, 15) is 9.59 Å². The summed E-state index contributed by atoms with van der Waals surface area (Å²) in [6.07, 6.45) is 2.30. The van der Waals surface area contributed by atoms with Gasteiger partial charge in [0, 0.05) is 32.3 Å². The summed E-state index contributed by atoms with van der Waals surface area (Å²) in [4.78, 5) is 28.8. The summed E-state index contributed by atoms with van der Waals surface area (Å²) in [5, 5.41) is 0. The van der Waals surface area contributed by atoms with Crippen LogP contribution in [0.25, 0.3) is 0 Å². The van der Waals surface area contributed by atoms with Crippen molar-refractivity contribution in [3.8, 4) is 0 Å². The molecule has 0 unspecified atom stereocenters. The van der Waals surface area contributed by atoms with E-state index < -0.39 is 0 Å². The molecular weight excluding hydrogens is 292 g/mol. The van der Waals surface area contributed by atoms with Crippen molar-refractivity contribution in [3.05, 3.63) is 29.8 Å². The smallest absolute Gasteiger partial charge is 0.232 e. The van der Waals surface area contributed by atoms with Crippen LogP contribution in [0.2, 0.25) is 0 Å². The van der Waals surface area contributed by atoms with Crippen LogP contribution in [0.5, 0.6) is 0 Å². The number of amides is 2. The van der Waals surface area contributed by atoms with E-state index in [1.165, 1.54) is 5.56 Å². The highest BCUT2D eigenvalue weighted by molar-refractivity contribution is 5.99. The van der Waals surface area contributed by atoms with Crippen LogP contribution in [0.4, 0.5) is 5.69 Å². The molecule has 0 saturated carbocycles. The van der Waals surface area contributed by atoms with Gasteiger partial charge in [-0.1, -0.05) is 18.2 Å². The molecule has 2 atom stereocenters. The normalized spacial score (nSPS) is 22.2. The van der Waals surface area contributed by atoms with Gasteiger partial charge in [-0.3, -0.25) is 9.59 Å². The summed E-state index contributed by atoms with van der Waals surface area (Å²) in [5.41, 5.74) is 2.24. The lowest BCUT2D eigenvalue weighted by Gasteiger charge is -2.31. The predicted molar refractivity (Wildman–Crippen MR) is 88.3 cm³/mol. The van der Waals surface area contributed by atoms with E-state index in [-0.39, 0.29) is 23.8 Å². The Hall–Kier alpha value is -1.88. The molecule has 1 aromatic rings. The molecule has 3 rings (SSSR count). The van der Waals surface area contributed by atoms with Crippen LogP contribution in [-0.2, 0) is 20.7 Å². The van der Waals surface area contributed by atoms with Crippen LogP contribution in [0.15, 0.2) is 24.3 Å². The highest BCUT2D eigenvalue weighted by atomic mass is 16.5. The standard InChI is InChI=1S/C18H24N2O3/c1-13(12-23-2)20-11-15(10-17(20)21)18(22)19-9-5-7-14-6-3-4-8-16(14)19/h3-4,6,8,13,15H,5,7,9-12H2,1-2H3/t13-,15+/m1/s1. The highest BCUT2D eigenvalue weighted by Gasteiger charge is 2.39. The zero-order valence-electron chi connectivity index (χ0n) is 13.8. The van der Waals surface area contributed by atoms with Gasteiger partial charge in [-0.05, 0) is 31.4 Å². The Morgan fingerprint density at radius 1 is 1.39 bits per heavy atom. The maximum Gasteiger partial charge on any atom is 0.232 e. The van der Waals surface area contributed by atoms with Crippen molar-refractivity contribution in [2.24, 2.45) is 5.92 Å². The number of hydrogen-bond acceptors (Lipinski definition) is 3. The van der Waals surface area contributed by atoms with Gasteiger partial charge >= 0.3 is 0 Å². The molecule has 0 aliphatic carbocycles. The zero-order valence-corrected chi connectivity index (χ0v) is 13.8. The molecule has 2 aliphatic rings. The Morgan fingerprint density at radius 3 is 2.96 bits per heavy atom. The second-order valence-corrected chi connectivity index (χ2v) is 6.47. The number of anilines is 1. The maximum absolute atomic E-state index is 13.0. The fourth-order valence-electron chi connectivity index (χ4n) is 3.64. The number of carbonyl (C=O) groups is 2. The number of ether oxygens (including phenoxy) is 1. The monoisotopic (exact) mass is 316 g/mol. The van der Waals surface area contributed by atoms with Crippen LogP contribution in [0.1, 0.15) is 25.3 Å². The van der Waals surface area contributed by atoms with E-state index >= 15 is 0 Å². The topological polar surface area (TPSA) is 49.9 Å². The number of carbonyl (C=O) groups excluding carboxylic acids is 2. The number of aryl methyl sites for hydroxylation is 1. The minimum Gasteiger partial charge on any atom is -0.383 e. The third kappa shape index (κ3) is 3.11. The Balaban J connectivity index is 1.74. The largest absolute Gasteiger partial charge is 0.383 e. The van der Waals surface area contributed by atoms with Crippen molar-refractivity contribution < 1.29 is 14.3 Å². The first-order chi connectivity index (χ1) is 11.1. The number of fused-ring (bicyclic) bond motifs is 1. The van der Waals surface area contributed by atoms with Crippen molar-refractivity contribution >= 4 is 17.5 Å². The summed E-state index contributed by atoms with van der Waals surface area (Å²) in [7, 11) is 1.63. The van der Waals surface area contributed by atoms with E-state index in [0.717, 1.165) is 25.1 Å². The molecular formula is C18H24N2O3. The number of benzene rings is 1. The maximum atomic E-state index is 13.0. The molecule has 2 heterocycles. The molecule has 23 heavy (non-hydrogen) atoms. The fraction of sp³-hybridized carbons (Fsp3) is 0.556. The number of hydrogen-bond donors (Lipinski definition) is 0. The Kier molecular flexibility index (Phi) is 4.66. The molecule has 0 radical (unpaired) electrons. The lowest BCUT2D eigenvalue weighted by molar-refractivity contribution is -0.130. The van der Waals surface area contributed by atoms with E-state index in [1.807, 2.05) is 30.0 Å². The third-order valence-corrected chi connectivity index (χ3v) is 4.82. The first kappa shape index (κ1) is 16.0. The summed E-state index contributed by atoms with van der Waals surface area (Å²) >= 11 is 0. The van der Waals surface area contributed by atoms with E-state index in [2.05, 4.69) is 6.07 Å². The summed E-state index contributed by atoms with van der Waals surface area (Å²) < 4.78 is 5.13. The van der Waals surface area contributed by atoms with E-state index in [1.54, 1.807) is 12.0 Å². The average Bonchev–Trinajstić information content (AvgIpc) is 2.96. The highest BCUT2D eigenvalue weighted by Crippen LogP contribution is 2.30. The number of rotatable bonds is 4. The summed E-state index contributed by atoms with van der Waals surface area (Å²) in [5.74, 6) is -0.108. The number of nitrogens with zero attached hydrogens (tertiary/aromatic N) is 2. The van der Waals surface area contributed by atoms with E-state index in [0.29, 0.717) is 19.6 Å². The Bertz CT molecular complexity index is 602. The fourth-order valence-corrected chi connectivity index (χ4v) is 3.64. The van der Waals surface area contributed by atoms with Gasteiger partial charge in [0.1, 0.15) is 0 Å². The van der Waals surface area contributed by atoms with Crippen molar-refractivity contribution in [3.63, 3.8) is 0 Å². The lowest BCUT2D eigenvalue weighted by Crippen LogP contribution is -2.42. The molecule has 5 heteroatoms. The van der Waals surface area contributed by atoms with Gasteiger partial charge in [0.25, 0.3) is 0 Å². The molecule has 0 aromatic heterocycles. The third-order valence-electron chi connectivity index (χ3n) is 4.82. The second-order valence-electron chi connectivity index (χ2n) is 6.47. The van der Waals surface area contributed by atoms with Gasteiger partial charge in [-0.2, -0.15) is 0 Å². The van der Waals surface area contributed by atoms with Crippen LogP contribution in [-0.4, -0.2) is 49.6 Å². The van der Waals surface area contributed by atoms with Crippen LogP contribution >= 0.6 is 0 Å². The molecule has 5 nitrogen and oxygen atoms in total. The molecule has 0 N–H and O–H groups in total. The Labute approximate surface area is 137 Å². The molecule has 2 aliphatic heterocycles. The summed E-state index contributed by atoms with van der Waals surface area (Å²) in [6, 6.07) is 8.09. The van der Waals surface area contributed by atoms with Gasteiger partial charge < -0.3 is 14.5 Å². The van der Waals surface area contributed by atoms with Crippen molar-refractivity contribution in [1.82, 2.24) is 4.90 Å². The van der Waals surface area contributed by atoms with Crippen molar-refractivity contribution in [2.75, 3.05) is 31.7 Å². The average molecular weight is 316 g/mol. The van der Waals surface area contributed by atoms with Gasteiger partial charge in [-0.15, -0.1) is 0 Å². The first-order valence-electron chi connectivity index (χ1n) is 8.29. The van der Waals surface area contributed by atoms with Crippen LogP contribution in [0.3, 0.4) is 0 Å². The predicted octanol–water partition coefficient (Wildman–Crippen LogP) is 1.85. The van der Waals surface area contributed by atoms with Gasteiger partial charge in [0.05, 0.1) is 18.6 Å². The zero-order chi connectivity index (χ0) is 16.4. The summed E-state index contributed by atoms with van der Waals surface area (Å²) in [6.45, 7) is 3.71. The molecule has 1 fully saturated rings. The van der Waals surface area contributed by atoms with Crippen molar-refractivity contribution in [2.45, 2.75) is 32.2 Å². The number of para-hydroxylation sites is 1. The SMILES string of the molecule is COC[C@@H](C)N1C[C@@H](C(=O)N2CCCc3ccccc32)CC1=O. The molecule has 0 spiro atoms. The minimum atomic E-state index is -0.243. The van der Waals surface area contributed by atoms with Crippen LogP contribution < -0.4 is 4.90 Å². The number of likely N-dealkylation sites (tertiary alicyclic amines) is 1.